The lowest BCUT2D eigenvalue weighted by atomic mass is 10.1. The van der Waals surface area contributed by atoms with E-state index in [1.54, 1.807) is 38.4 Å². The van der Waals surface area contributed by atoms with Crippen LogP contribution >= 0.6 is 34.4 Å². The average Bonchev–Trinajstić information content (AvgIpc) is 4.40. The van der Waals surface area contributed by atoms with E-state index in [1.165, 1.54) is 33.6 Å². The van der Waals surface area contributed by atoms with Gasteiger partial charge < -0.3 is 13.5 Å². The summed E-state index contributed by atoms with van der Waals surface area (Å²) in [6.45, 7) is 60.7. The molecule has 0 aromatic carbocycles. The molecule has 0 unspecified atom stereocenters. The standard InChI is InChI=1S/3C6H10N2O.3C6H10N2S.C6H10N2.C5H10N4.C5H9N3.C4H8N4.2C2H6.CH4/c1-4(2)6-8-7-5(3)9-6;1-4(2)6-7-5(3)9-8-6;1-4(2)6-7-5(3)8-9-6;1-4(2)6-8-7-5(3)9-6;1-4(2)6-7-5(3)9-8-6;1-4(2)6-7-5(3)8-9-6;1-5(2)6-3-4-7-8-6;1-4(2)5-6-8-9(3)7-5;1-4(2)5-3-6-8-7-5;1-3(2)4-5-7-8-6-4;2*1-2;/h6*4H,1-3H3;4-5H,3H2,1-2H3;4H,1-3H3;3-4H,1-2H3,(H,6,7,8);3H,1-2H3,(H,5,6,7,8);2*1-2H3;1H4. The molecule has 518 valence electrons. The quantitative estimate of drug-likeness (QED) is 0.128. The summed E-state index contributed by atoms with van der Waals surface area (Å²) in [5.41, 5.74) is 2.22. The van der Waals surface area contributed by atoms with E-state index >= 15 is 0 Å². The van der Waals surface area contributed by atoms with Crippen molar-refractivity contribution in [2.24, 2.45) is 23.2 Å². The highest BCUT2D eigenvalue weighted by Gasteiger charge is 2.10. The molecule has 9 aromatic rings. The topological polar surface area (TPSA) is 358 Å². The van der Waals surface area contributed by atoms with Gasteiger partial charge in [-0.2, -0.15) is 54.3 Å². The average molecular weight is 1340 g/mol. The van der Waals surface area contributed by atoms with Gasteiger partial charge >= 0.3 is 0 Å². The Morgan fingerprint density at radius 1 is 0.478 bits per heavy atom. The van der Waals surface area contributed by atoms with E-state index in [-0.39, 0.29) is 7.43 Å². The molecule has 28 nitrogen and oxygen atoms in total. The Morgan fingerprint density at radius 2 is 1.08 bits per heavy atom. The first-order chi connectivity index (χ1) is 42.8. The summed E-state index contributed by atoms with van der Waals surface area (Å²) in [7, 11) is 1.76. The molecule has 0 aliphatic carbocycles. The molecule has 0 saturated carbocycles. The highest BCUT2D eigenvalue weighted by molar-refractivity contribution is 7.11. The molecule has 0 saturated heterocycles. The van der Waals surface area contributed by atoms with Crippen molar-refractivity contribution in [3.05, 3.63) is 90.4 Å². The fourth-order valence-electron chi connectivity index (χ4n) is 5.36. The van der Waals surface area contributed by atoms with Crippen molar-refractivity contribution in [3.63, 3.8) is 0 Å². The highest BCUT2D eigenvalue weighted by atomic mass is 32.1. The van der Waals surface area contributed by atoms with E-state index < -0.39 is 0 Å². The van der Waals surface area contributed by atoms with Gasteiger partial charge in [0.15, 0.2) is 23.3 Å². The van der Waals surface area contributed by atoms with Gasteiger partial charge in [-0.15, -0.1) is 52.1 Å². The molecule has 31 heteroatoms. The second-order valence-electron chi connectivity index (χ2n) is 22.5. The van der Waals surface area contributed by atoms with Crippen molar-refractivity contribution < 1.29 is 13.5 Å². The van der Waals surface area contributed by atoms with Gasteiger partial charge in [0.2, 0.25) is 23.6 Å². The largest absolute Gasteiger partial charge is 0.425 e. The molecule has 0 atom stereocenters. The van der Waals surface area contributed by atoms with Crippen molar-refractivity contribution in [2.45, 2.75) is 275 Å². The summed E-state index contributed by atoms with van der Waals surface area (Å²) >= 11 is 4.64. The molecule has 1 aliphatic heterocycles. The van der Waals surface area contributed by atoms with Gasteiger partial charge in [-0.25, -0.2) is 9.97 Å². The number of aryl methyl sites for hydroxylation is 7. The van der Waals surface area contributed by atoms with Gasteiger partial charge in [0.1, 0.15) is 31.7 Å². The van der Waals surface area contributed by atoms with Crippen molar-refractivity contribution in [2.75, 3.05) is 0 Å². The van der Waals surface area contributed by atoms with E-state index in [0.717, 1.165) is 61.3 Å². The molecule has 92 heavy (non-hydrogen) atoms. The summed E-state index contributed by atoms with van der Waals surface area (Å²) < 4.78 is 23.0. The third-order valence-corrected chi connectivity index (χ3v) is 13.3. The van der Waals surface area contributed by atoms with Crippen LogP contribution in [0.4, 0.5) is 0 Å². The summed E-state index contributed by atoms with van der Waals surface area (Å²) in [6.07, 6.45) is 4.54. The zero-order valence-corrected chi connectivity index (χ0v) is 62.8. The van der Waals surface area contributed by atoms with Gasteiger partial charge in [-0.1, -0.05) is 189 Å². The molecular weight excluding hydrogens is 1230 g/mol. The number of hydrogen-bond donors (Lipinski definition) is 2. The first kappa shape index (κ1) is 88.9. The molecule has 0 spiro atoms. The second-order valence-corrected chi connectivity index (χ2v) is 25.4. The van der Waals surface area contributed by atoms with Crippen LogP contribution < -0.4 is 0 Å². The maximum absolute atomic E-state index is 5.12. The summed E-state index contributed by atoms with van der Waals surface area (Å²) in [5, 5.41) is 69.8. The minimum Gasteiger partial charge on any atom is -0.425 e. The minimum absolute atomic E-state index is 0. The van der Waals surface area contributed by atoms with Crippen LogP contribution in [0.2, 0.25) is 0 Å². The third kappa shape index (κ3) is 40.5. The molecule has 2 N–H and O–H groups in total. The molecule has 0 amide bonds. The van der Waals surface area contributed by atoms with Gasteiger partial charge in [0.05, 0.1) is 18.9 Å². The molecule has 0 radical (unpaired) electrons. The lowest BCUT2D eigenvalue weighted by Gasteiger charge is -1.98. The summed E-state index contributed by atoms with van der Waals surface area (Å²) in [4.78, 5) is 18.0. The maximum Gasteiger partial charge on any atom is 0.229 e. The molecule has 10 rings (SSSR count). The van der Waals surface area contributed by atoms with E-state index in [1.807, 2.05) is 131 Å². The number of hydrogen-bond acceptors (Lipinski definition) is 28. The Kier molecular flexibility index (Phi) is 48.6. The SMILES string of the molecule is C.CC.CC.CC(C)C1=NN=CC1.CC(C)c1cn[nH]n1.CC(C)c1nn[nH]n1.CC(C)c1nnn(C)n1.Cc1nc(C(C)C)no1.Cc1nc(C(C)C)ns1.Cc1nnc(C(C)C)o1.Cc1nnc(C(C)C)s1.Cc1noc(C(C)C)n1.Cc1nsc(C(C)C)n1. The van der Waals surface area contributed by atoms with Crippen LogP contribution in [0.25, 0.3) is 0 Å². The zero-order chi connectivity index (χ0) is 69.9. The van der Waals surface area contributed by atoms with Crippen LogP contribution in [-0.2, 0) is 7.05 Å². The zero-order valence-electron chi connectivity index (χ0n) is 60.4. The van der Waals surface area contributed by atoms with Crippen molar-refractivity contribution in [1.82, 2.24) is 116 Å². The van der Waals surface area contributed by atoms with Crippen LogP contribution in [0.5, 0.6) is 0 Å². The van der Waals surface area contributed by atoms with Crippen molar-refractivity contribution >= 4 is 46.3 Å². The molecule has 0 bridgehead atoms. The molecular formula is C61H113N25O3S3. The first-order valence-electron chi connectivity index (χ1n) is 31.0. The number of aromatic amines is 2. The van der Waals surface area contributed by atoms with E-state index in [2.05, 4.69) is 190 Å². The molecule has 0 fully saturated rings. The number of nitrogens with zero attached hydrogens (tertiary/aromatic N) is 23. The Hall–Kier alpha value is -7.28. The predicted octanol–water partition coefficient (Wildman–Crippen LogP) is 16.2. The molecule has 10 heterocycles. The third-order valence-electron chi connectivity index (χ3n) is 10.4. The fraction of sp³-hybridized carbons (Fsp3) is 0.705. The maximum atomic E-state index is 5.12. The van der Waals surface area contributed by atoms with Crippen molar-refractivity contribution in [1.29, 1.82) is 0 Å². The lowest BCUT2D eigenvalue weighted by Crippen LogP contribution is -2.03. The van der Waals surface area contributed by atoms with Crippen LogP contribution in [0.3, 0.4) is 0 Å². The van der Waals surface area contributed by atoms with Gasteiger partial charge in [-0.05, 0) is 67.8 Å². The Labute approximate surface area is 561 Å². The number of tetrazole rings is 2. The Balaban J connectivity index is -0.000000950. The number of H-pyrrole nitrogens is 2. The highest BCUT2D eigenvalue weighted by Crippen LogP contribution is 2.18. The minimum atomic E-state index is 0. The van der Waals surface area contributed by atoms with Gasteiger partial charge in [0, 0.05) is 79.5 Å². The normalized spacial score (nSPS) is 10.8. The molecule has 9 aromatic heterocycles. The summed E-state index contributed by atoms with van der Waals surface area (Å²) in [5.74, 6) is 12.0. The van der Waals surface area contributed by atoms with Crippen LogP contribution in [-0.4, -0.2) is 128 Å². The van der Waals surface area contributed by atoms with Crippen LogP contribution in [0.1, 0.15) is 318 Å². The van der Waals surface area contributed by atoms with Crippen LogP contribution in [0, 0.1) is 47.5 Å². The van der Waals surface area contributed by atoms with Crippen LogP contribution in [0.15, 0.2) is 29.9 Å². The summed E-state index contributed by atoms with van der Waals surface area (Å²) in [6, 6.07) is 0. The monoisotopic (exact) mass is 1340 g/mol. The lowest BCUT2D eigenvalue weighted by molar-refractivity contribution is 0.362. The second kappa shape index (κ2) is 50.3. The van der Waals surface area contributed by atoms with Crippen molar-refractivity contribution in [3.8, 4) is 0 Å². The predicted molar refractivity (Wildman–Crippen MR) is 372 cm³/mol. The fourth-order valence-corrected chi connectivity index (χ4v) is 7.32. The number of rotatable bonds is 10. The number of nitrogens with one attached hydrogen (secondary N) is 2. The van der Waals surface area contributed by atoms with Gasteiger partial charge in [-0.3, -0.25) is 0 Å². The first-order valence-corrected chi connectivity index (χ1v) is 33.4. The molecule has 1 aliphatic rings. The van der Waals surface area contributed by atoms with E-state index in [0.29, 0.717) is 88.6 Å². The Bertz CT molecular complexity index is 2700. The van der Waals surface area contributed by atoms with Gasteiger partial charge in [0.25, 0.3) is 0 Å². The van der Waals surface area contributed by atoms with E-state index in [9.17, 15) is 0 Å². The van der Waals surface area contributed by atoms with E-state index in [4.69, 9.17) is 13.5 Å². The smallest absolute Gasteiger partial charge is 0.229 e. The number of aromatic nitrogens is 23. The Morgan fingerprint density at radius 3 is 1.29 bits per heavy atom.